The first-order valence-corrected chi connectivity index (χ1v) is 9.58. The van der Waals surface area contributed by atoms with Crippen LogP contribution in [-0.2, 0) is 26.2 Å². The number of rotatable bonds is 9. The van der Waals surface area contributed by atoms with E-state index in [1.165, 1.54) is 7.11 Å². The number of methoxy groups -OCH3 is 1. The zero-order chi connectivity index (χ0) is 17.7. The number of amides is 1. The largest absolute Gasteiger partial charge is 0.382 e. The van der Waals surface area contributed by atoms with Crippen LogP contribution in [0.5, 0.6) is 5.75 Å². The molecule has 1 amide bonds. The third-order valence-corrected chi connectivity index (χ3v) is 5.46. The maximum absolute atomic E-state index is 12.1. The lowest BCUT2D eigenvalue weighted by molar-refractivity contribution is -0.136. The Bertz CT molecular complexity index is 650. The highest BCUT2D eigenvalue weighted by Gasteiger charge is 2.26. The number of benzene rings is 1. The van der Waals surface area contributed by atoms with Crippen molar-refractivity contribution in [2.45, 2.75) is 38.5 Å². The summed E-state index contributed by atoms with van der Waals surface area (Å²) in [6, 6.07) is 6.80. The van der Waals surface area contributed by atoms with Gasteiger partial charge in [0.1, 0.15) is 12.4 Å². The average Bonchev–Trinajstić information content (AvgIpc) is 3.32. The van der Waals surface area contributed by atoms with Crippen LogP contribution in [-0.4, -0.2) is 44.7 Å². The van der Waals surface area contributed by atoms with Gasteiger partial charge in [-0.1, -0.05) is 12.1 Å². The average molecular weight is 355 g/mol. The molecule has 0 unspecified atom stereocenters. The van der Waals surface area contributed by atoms with Gasteiger partial charge in [0.15, 0.2) is 0 Å². The minimum Gasteiger partial charge on any atom is -0.382 e. The Labute approximate surface area is 143 Å². The van der Waals surface area contributed by atoms with E-state index in [2.05, 4.69) is 0 Å². The summed E-state index contributed by atoms with van der Waals surface area (Å²) in [6.45, 7) is 4.43. The smallest absolute Gasteiger partial charge is 0.311 e. The molecule has 1 fully saturated rings. The first-order valence-electron chi connectivity index (χ1n) is 8.10. The topological polar surface area (TPSA) is 72.9 Å². The van der Waals surface area contributed by atoms with Crippen molar-refractivity contribution in [2.24, 2.45) is 5.92 Å². The highest BCUT2D eigenvalue weighted by molar-refractivity contribution is 7.87. The summed E-state index contributed by atoms with van der Waals surface area (Å²) in [5, 5.41) is -0.599. The van der Waals surface area contributed by atoms with E-state index in [-0.39, 0.29) is 18.3 Å². The molecule has 24 heavy (non-hydrogen) atoms. The van der Waals surface area contributed by atoms with Crippen LogP contribution in [0, 0.1) is 5.92 Å². The number of carbonyl (C=O) groups is 1. The summed E-state index contributed by atoms with van der Waals surface area (Å²) in [7, 11) is -2.09. The Kier molecular flexibility index (Phi) is 6.23. The van der Waals surface area contributed by atoms with Gasteiger partial charge in [-0.2, -0.15) is 8.42 Å². The predicted octanol–water partition coefficient (Wildman–Crippen LogP) is 2.19. The van der Waals surface area contributed by atoms with Gasteiger partial charge in [-0.15, -0.1) is 0 Å². The maximum Gasteiger partial charge on any atom is 0.311 e. The number of hydrogen-bond donors (Lipinski definition) is 0. The SMILES string of the molecule is COCC(=O)N(Cc1ccc(OS(=O)(=O)C(C)C)cc1)CC1CC1. The number of carbonyl (C=O) groups excluding carboxylic acids is 1. The Morgan fingerprint density at radius 2 is 1.88 bits per heavy atom. The second-order valence-corrected chi connectivity index (χ2v) is 8.51. The first-order chi connectivity index (χ1) is 11.3. The summed E-state index contributed by atoms with van der Waals surface area (Å²) in [5.74, 6) is 0.834. The van der Waals surface area contributed by atoms with Crippen molar-refractivity contribution >= 4 is 16.0 Å². The van der Waals surface area contributed by atoms with Crippen molar-refractivity contribution in [2.75, 3.05) is 20.3 Å². The van der Waals surface area contributed by atoms with Gasteiger partial charge in [-0.05, 0) is 50.3 Å². The van der Waals surface area contributed by atoms with E-state index >= 15 is 0 Å². The summed E-state index contributed by atoms with van der Waals surface area (Å²) in [4.78, 5) is 13.9. The van der Waals surface area contributed by atoms with E-state index in [0.717, 1.165) is 24.9 Å². The fourth-order valence-corrected chi connectivity index (χ4v) is 2.75. The zero-order valence-electron chi connectivity index (χ0n) is 14.4. The van der Waals surface area contributed by atoms with Gasteiger partial charge in [-0.25, -0.2) is 0 Å². The van der Waals surface area contributed by atoms with Crippen molar-refractivity contribution in [1.29, 1.82) is 0 Å². The molecule has 0 aromatic heterocycles. The molecule has 2 rings (SSSR count). The van der Waals surface area contributed by atoms with Gasteiger partial charge in [0.25, 0.3) is 0 Å². The molecule has 0 aliphatic heterocycles. The Morgan fingerprint density at radius 3 is 2.38 bits per heavy atom. The molecule has 1 aromatic carbocycles. The van der Waals surface area contributed by atoms with Crippen molar-refractivity contribution in [1.82, 2.24) is 4.90 Å². The molecule has 1 aliphatic carbocycles. The van der Waals surface area contributed by atoms with Crippen LogP contribution in [0.3, 0.4) is 0 Å². The van der Waals surface area contributed by atoms with Crippen LogP contribution in [0.25, 0.3) is 0 Å². The summed E-state index contributed by atoms with van der Waals surface area (Å²) < 4.78 is 33.5. The normalized spacial score (nSPS) is 14.7. The van der Waals surface area contributed by atoms with E-state index < -0.39 is 15.4 Å². The zero-order valence-corrected chi connectivity index (χ0v) is 15.2. The van der Waals surface area contributed by atoms with Crippen LogP contribution in [0.2, 0.25) is 0 Å². The minimum absolute atomic E-state index is 0.0351. The van der Waals surface area contributed by atoms with Gasteiger partial charge in [-0.3, -0.25) is 4.79 Å². The second-order valence-electron chi connectivity index (χ2n) is 6.42. The molecule has 0 N–H and O–H groups in total. The fourth-order valence-electron chi connectivity index (χ4n) is 2.18. The molecule has 1 saturated carbocycles. The van der Waals surface area contributed by atoms with Crippen LogP contribution in [0.4, 0.5) is 0 Å². The third kappa shape index (κ3) is 5.49. The van der Waals surface area contributed by atoms with Gasteiger partial charge in [0.05, 0.1) is 5.25 Å². The van der Waals surface area contributed by atoms with E-state index in [9.17, 15) is 13.2 Å². The molecule has 0 spiro atoms. The molecule has 134 valence electrons. The molecule has 6 nitrogen and oxygen atoms in total. The summed E-state index contributed by atoms with van der Waals surface area (Å²) >= 11 is 0. The monoisotopic (exact) mass is 355 g/mol. The maximum atomic E-state index is 12.1. The first kappa shape index (κ1) is 18.7. The molecule has 1 aromatic rings. The third-order valence-electron chi connectivity index (χ3n) is 3.88. The standard InChI is InChI=1S/C17H25NO5S/c1-13(2)24(20,21)23-16-8-6-15(7-9-16)11-18(10-14-4-5-14)17(19)12-22-3/h6-9,13-14H,4-5,10-12H2,1-3H3. The Morgan fingerprint density at radius 1 is 1.25 bits per heavy atom. The van der Waals surface area contributed by atoms with Gasteiger partial charge in [0, 0.05) is 20.2 Å². The van der Waals surface area contributed by atoms with Gasteiger partial charge < -0.3 is 13.8 Å². The number of nitrogens with zero attached hydrogens (tertiary/aromatic N) is 1. The van der Waals surface area contributed by atoms with Crippen LogP contribution in [0.15, 0.2) is 24.3 Å². The van der Waals surface area contributed by atoms with Crippen molar-refractivity contribution in [3.63, 3.8) is 0 Å². The van der Waals surface area contributed by atoms with E-state index in [1.54, 1.807) is 43.0 Å². The summed E-state index contributed by atoms with van der Waals surface area (Å²) in [5.41, 5.74) is 0.925. The van der Waals surface area contributed by atoms with Gasteiger partial charge in [0.2, 0.25) is 5.91 Å². The highest BCUT2D eigenvalue weighted by atomic mass is 32.2. The molecule has 1 aliphatic rings. The van der Waals surface area contributed by atoms with E-state index in [1.807, 2.05) is 0 Å². The molecule has 0 bridgehead atoms. The molecule has 7 heteroatoms. The molecular weight excluding hydrogens is 330 g/mol. The van der Waals surface area contributed by atoms with Crippen LogP contribution < -0.4 is 4.18 Å². The van der Waals surface area contributed by atoms with E-state index in [0.29, 0.717) is 12.5 Å². The summed E-state index contributed by atoms with van der Waals surface area (Å²) in [6.07, 6.45) is 2.33. The Balaban J connectivity index is 2.01. The van der Waals surface area contributed by atoms with E-state index in [4.69, 9.17) is 8.92 Å². The lowest BCUT2D eigenvalue weighted by atomic mass is 10.2. The molecule has 0 heterocycles. The number of hydrogen-bond acceptors (Lipinski definition) is 5. The molecule has 0 saturated heterocycles. The molecule has 0 radical (unpaired) electrons. The van der Waals surface area contributed by atoms with Gasteiger partial charge >= 0.3 is 10.1 Å². The molecular formula is C17H25NO5S. The van der Waals surface area contributed by atoms with Crippen molar-refractivity contribution in [3.8, 4) is 5.75 Å². The lowest BCUT2D eigenvalue weighted by Crippen LogP contribution is -2.35. The van der Waals surface area contributed by atoms with Crippen LogP contribution in [0.1, 0.15) is 32.3 Å². The van der Waals surface area contributed by atoms with Crippen molar-refractivity contribution in [3.05, 3.63) is 29.8 Å². The fraction of sp³-hybridized carbons (Fsp3) is 0.588. The number of ether oxygens (including phenoxy) is 1. The Hall–Kier alpha value is -1.60. The minimum atomic E-state index is -3.60. The quantitative estimate of drug-likeness (QED) is 0.635. The lowest BCUT2D eigenvalue weighted by Gasteiger charge is -2.22. The molecule has 0 atom stereocenters. The van der Waals surface area contributed by atoms with Crippen molar-refractivity contribution < 1.29 is 22.1 Å². The second kappa shape index (κ2) is 7.98. The predicted molar refractivity (Wildman–Crippen MR) is 91.1 cm³/mol. The van der Waals surface area contributed by atoms with Crippen LogP contribution >= 0.6 is 0 Å². The highest BCUT2D eigenvalue weighted by Crippen LogP contribution is 2.30.